The van der Waals surface area contributed by atoms with Crippen LogP contribution in [0.25, 0.3) is 11.1 Å². The van der Waals surface area contributed by atoms with Gasteiger partial charge in [-0.2, -0.15) is 0 Å². The summed E-state index contributed by atoms with van der Waals surface area (Å²) in [4.78, 5) is 28.5. The highest BCUT2D eigenvalue weighted by molar-refractivity contribution is 5.91. The quantitative estimate of drug-likeness (QED) is 0.388. The minimum absolute atomic E-state index is 0.110. The van der Waals surface area contributed by atoms with Crippen LogP contribution >= 0.6 is 0 Å². The van der Waals surface area contributed by atoms with Gasteiger partial charge in [-0.05, 0) is 34.2 Å². The first-order valence-electron chi connectivity index (χ1n) is 12.8. The number of nitrogens with zero attached hydrogens (tertiary/aromatic N) is 1. The largest absolute Gasteiger partial charge is 0.467 e. The lowest BCUT2D eigenvalue weighted by Crippen LogP contribution is -2.53. The number of benzene rings is 3. The normalized spacial score (nSPS) is 20.0. The smallest absolute Gasteiger partial charge is 0.328 e. The number of likely N-dealkylation sites (tertiary alicyclic amines) is 1. The molecule has 0 aromatic heterocycles. The van der Waals surface area contributed by atoms with Gasteiger partial charge in [0.15, 0.2) is 11.6 Å². The molecule has 1 saturated heterocycles. The van der Waals surface area contributed by atoms with Crippen LogP contribution in [-0.4, -0.2) is 49.6 Å². The van der Waals surface area contributed by atoms with Crippen molar-refractivity contribution in [1.82, 2.24) is 4.90 Å². The number of nitrogens with one attached hydrogen (secondary N) is 1. The van der Waals surface area contributed by atoms with Crippen molar-refractivity contribution in [3.63, 3.8) is 0 Å². The number of carbonyl (C=O) groups is 2. The van der Waals surface area contributed by atoms with E-state index in [2.05, 4.69) is 5.32 Å². The second kappa shape index (κ2) is 11.1. The van der Waals surface area contributed by atoms with E-state index in [1.165, 1.54) is 18.1 Å². The van der Waals surface area contributed by atoms with Gasteiger partial charge in [-0.15, -0.1) is 0 Å². The van der Waals surface area contributed by atoms with Gasteiger partial charge in [0.05, 0.1) is 13.7 Å². The number of anilines is 1. The van der Waals surface area contributed by atoms with Gasteiger partial charge in [-0.1, -0.05) is 75.4 Å². The number of hydrogen-bond acceptors (Lipinski definition) is 5. The van der Waals surface area contributed by atoms with Gasteiger partial charge in [0, 0.05) is 25.3 Å². The van der Waals surface area contributed by atoms with Crippen molar-refractivity contribution in [3.8, 4) is 11.1 Å². The van der Waals surface area contributed by atoms with Gasteiger partial charge in [0.1, 0.15) is 17.7 Å². The Morgan fingerprint density at radius 3 is 2.15 bits per heavy atom. The van der Waals surface area contributed by atoms with E-state index in [9.17, 15) is 18.4 Å². The fourth-order valence-electron chi connectivity index (χ4n) is 5.09. The fraction of sp³-hybridized carbons (Fsp3) is 0.355. The molecule has 1 unspecified atom stereocenters. The van der Waals surface area contributed by atoms with Crippen molar-refractivity contribution in [1.29, 1.82) is 0 Å². The van der Waals surface area contributed by atoms with Crippen LogP contribution in [0, 0.1) is 17.0 Å². The maximum Gasteiger partial charge on any atom is 0.328 e. The SMILES string of the molecule is COC(=O)[C@@H]1C[C@@](OC)(c2ccc(-c3ccccc3)cc2)CN1C(=O)C(Nc1ccc(F)c(F)c1)C(C)(C)C. The van der Waals surface area contributed by atoms with E-state index < -0.39 is 40.7 Å². The average molecular weight is 537 g/mol. The summed E-state index contributed by atoms with van der Waals surface area (Å²) in [6.45, 7) is 5.69. The topological polar surface area (TPSA) is 67.9 Å². The van der Waals surface area contributed by atoms with Crippen LogP contribution < -0.4 is 5.32 Å². The first-order valence-corrected chi connectivity index (χ1v) is 12.8. The van der Waals surface area contributed by atoms with E-state index in [1.807, 2.05) is 75.4 Å². The van der Waals surface area contributed by atoms with Gasteiger partial charge < -0.3 is 19.7 Å². The molecule has 0 bridgehead atoms. The molecule has 3 atom stereocenters. The molecule has 0 saturated carbocycles. The standard InChI is InChI=1S/C31H34F2N2O4/c1-30(2,3)27(34-23-15-16-24(32)25(33)17-23)28(36)35-19-31(39-5,18-26(35)29(37)38-4)22-13-11-21(12-14-22)20-9-7-6-8-10-20/h6-17,26-27,34H,18-19H2,1-5H3/t26-,27?,31-/m0/s1. The minimum Gasteiger partial charge on any atom is -0.467 e. The Hall–Kier alpha value is -3.78. The zero-order chi connectivity index (χ0) is 28.4. The molecule has 1 amide bonds. The molecule has 206 valence electrons. The summed E-state index contributed by atoms with van der Waals surface area (Å²) in [5, 5.41) is 3.06. The molecule has 0 spiro atoms. The lowest BCUT2D eigenvalue weighted by molar-refractivity contribution is -0.151. The van der Waals surface area contributed by atoms with Crippen molar-refractivity contribution >= 4 is 17.6 Å². The summed E-state index contributed by atoms with van der Waals surface area (Å²) < 4.78 is 38.6. The summed E-state index contributed by atoms with van der Waals surface area (Å²) in [6.07, 6.45) is 0.203. The van der Waals surface area contributed by atoms with E-state index in [4.69, 9.17) is 9.47 Å². The number of rotatable bonds is 7. The number of amides is 1. The maximum atomic E-state index is 14.1. The lowest BCUT2D eigenvalue weighted by atomic mass is 9.85. The van der Waals surface area contributed by atoms with E-state index >= 15 is 0 Å². The predicted molar refractivity (Wildman–Crippen MR) is 146 cm³/mol. The summed E-state index contributed by atoms with van der Waals surface area (Å²) in [5.74, 6) is -2.93. The number of ether oxygens (including phenoxy) is 2. The zero-order valence-electron chi connectivity index (χ0n) is 22.8. The first kappa shape index (κ1) is 28.2. The first-order chi connectivity index (χ1) is 18.5. The van der Waals surface area contributed by atoms with Crippen LogP contribution in [0.2, 0.25) is 0 Å². The number of hydrogen-bond donors (Lipinski definition) is 1. The molecule has 0 aliphatic carbocycles. The minimum atomic E-state index is -1.02. The van der Waals surface area contributed by atoms with Crippen LogP contribution in [0.5, 0.6) is 0 Å². The van der Waals surface area contributed by atoms with Crippen LogP contribution in [0.3, 0.4) is 0 Å². The van der Waals surface area contributed by atoms with E-state index in [1.54, 1.807) is 7.11 Å². The fourth-order valence-corrected chi connectivity index (χ4v) is 5.09. The highest BCUT2D eigenvalue weighted by Crippen LogP contribution is 2.41. The predicted octanol–water partition coefficient (Wildman–Crippen LogP) is 5.77. The molecule has 1 aliphatic heterocycles. The molecule has 1 N–H and O–H groups in total. The van der Waals surface area contributed by atoms with Crippen molar-refractivity contribution < 1.29 is 27.8 Å². The van der Waals surface area contributed by atoms with Gasteiger partial charge in [-0.25, -0.2) is 13.6 Å². The van der Waals surface area contributed by atoms with Gasteiger partial charge in [0.25, 0.3) is 0 Å². The summed E-state index contributed by atoms with van der Waals surface area (Å²) >= 11 is 0. The third-order valence-electron chi connectivity index (χ3n) is 7.33. The van der Waals surface area contributed by atoms with Crippen molar-refractivity contribution in [2.75, 3.05) is 26.1 Å². The molecule has 8 heteroatoms. The van der Waals surface area contributed by atoms with Crippen LogP contribution in [-0.2, 0) is 24.7 Å². The summed E-state index contributed by atoms with van der Waals surface area (Å²) in [6, 6.07) is 19.5. The number of methoxy groups -OCH3 is 2. The highest BCUT2D eigenvalue weighted by atomic mass is 19.2. The molecular weight excluding hydrogens is 502 g/mol. The molecule has 6 nitrogen and oxygen atoms in total. The van der Waals surface area contributed by atoms with E-state index in [0.717, 1.165) is 28.8 Å². The molecule has 3 aromatic carbocycles. The zero-order valence-corrected chi connectivity index (χ0v) is 22.8. The molecule has 1 aliphatic rings. The molecule has 4 rings (SSSR count). The number of halogens is 2. The second-order valence-electron chi connectivity index (χ2n) is 10.9. The molecule has 0 radical (unpaired) electrons. The average Bonchev–Trinajstić information content (AvgIpc) is 3.34. The molecule has 3 aromatic rings. The van der Waals surface area contributed by atoms with Crippen molar-refractivity contribution in [2.24, 2.45) is 5.41 Å². The Labute approximate surface area is 227 Å². The third-order valence-corrected chi connectivity index (χ3v) is 7.33. The second-order valence-corrected chi connectivity index (χ2v) is 10.9. The molecule has 1 heterocycles. The Morgan fingerprint density at radius 1 is 0.949 bits per heavy atom. The Balaban J connectivity index is 1.67. The maximum absolute atomic E-state index is 14.1. The van der Waals surface area contributed by atoms with Crippen LogP contribution in [0.15, 0.2) is 72.8 Å². The Morgan fingerprint density at radius 2 is 1.59 bits per heavy atom. The summed E-state index contributed by atoms with van der Waals surface area (Å²) in [5.41, 5.74) is 1.60. The number of carbonyl (C=O) groups excluding carboxylic acids is 2. The van der Waals surface area contributed by atoms with Gasteiger partial charge in [-0.3, -0.25) is 4.79 Å². The molecule has 1 fully saturated rings. The number of esters is 1. The monoisotopic (exact) mass is 536 g/mol. The van der Waals surface area contributed by atoms with E-state index in [0.29, 0.717) is 0 Å². The lowest BCUT2D eigenvalue weighted by Gasteiger charge is -2.36. The van der Waals surface area contributed by atoms with E-state index in [-0.39, 0.29) is 24.6 Å². The molecule has 39 heavy (non-hydrogen) atoms. The highest BCUT2D eigenvalue weighted by Gasteiger charge is 2.52. The van der Waals surface area contributed by atoms with Gasteiger partial charge in [0.2, 0.25) is 5.91 Å². The third kappa shape index (κ3) is 5.81. The van der Waals surface area contributed by atoms with Crippen molar-refractivity contribution in [2.45, 2.75) is 44.9 Å². The van der Waals surface area contributed by atoms with Crippen LogP contribution in [0.4, 0.5) is 14.5 Å². The summed E-state index contributed by atoms with van der Waals surface area (Å²) in [7, 11) is 2.85. The molecular formula is C31H34F2N2O4. The van der Waals surface area contributed by atoms with Crippen LogP contribution in [0.1, 0.15) is 32.8 Å². The van der Waals surface area contributed by atoms with Gasteiger partial charge >= 0.3 is 5.97 Å². The van der Waals surface area contributed by atoms with Crippen molar-refractivity contribution in [3.05, 3.63) is 90.0 Å². The Kier molecular flexibility index (Phi) is 8.07. The Bertz CT molecular complexity index is 1320.